The highest BCUT2D eigenvalue weighted by atomic mass is 16.5. The number of pyridine rings is 1. The Morgan fingerprint density at radius 1 is 1.12 bits per heavy atom. The molecular weight excluding hydrogens is 328 g/mol. The van der Waals surface area contributed by atoms with Crippen LogP contribution in [0.5, 0.6) is 11.5 Å². The molecule has 1 aromatic carbocycles. The molecular formula is C21H24N2O3. The molecule has 2 heterocycles. The number of benzene rings is 1. The summed E-state index contributed by atoms with van der Waals surface area (Å²) in [5.74, 6) is 3.29. The highest BCUT2D eigenvalue weighted by molar-refractivity contribution is 5.43. The molecule has 3 rings (SSSR count). The summed E-state index contributed by atoms with van der Waals surface area (Å²) in [6.07, 6.45) is 3.54. The topological polar surface area (TPSA) is 56.5 Å². The lowest BCUT2D eigenvalue weighted by Crippen LogP contribution is -2.17. The van der Waals surface area contributed by atoms with Crippen molar-refractivity contribution < 1.29 is 13.9 Å². The molecule has 2 aromatic heterocycles. The molecule has 5 heteroatoms. The van der Waals surface area contributed by atoms with Gasteiger partial charge in [0, 0.05) is 24.5 Å². The first kappa shape index (κ1) is 18.0. The Kier molecular flexibility index (Phi) is 5.92. The average molecular weight is 352 g/mol. The second kappa shape index (κ2) is 8.54. The number of hydrogen-bond donors (Lipinski definition) is 1. The second-order valence-electron chi connectivity index (χ2n) is 6.19. The molecule has 5 nitrogen and oxygen atoms in total. The van der Waals surface area contributed by atoms with Crippen LogP contribution in [0.2, 0.25) is 0 Å². The maximum Gasteiger partial charge on any atom is 0.161 e. The van der Waals surface area contributed by atoms with E-state index in [0.29, 0.717) is 18.9 Å². The van der Waals surface area contributed by atoms with Crippen LogP contribution in [0.1, 0.15) is 35.6 Å². The van der Waals surface area contributed by atoms with Crippen LogP contribution in [-0.2, 0) is 13.2 Å². The van der Waals surface area contributed by atoms with Gasteiger partial charge in [0.15, 0.2) is 11.5 Å². The van der Waals surface area contributed by atoms with Crippen molar-refractivity contribution in [2.45, 2.75) is 33.0 Å². The van der Waals surface area contributed by atoms with Gasteiger partial charge in [-0.1, -0.05) is 12.1 Å². The van der Waals surface area contributed by atoms with Crippen LogP contribution in [0, 0.1) is 6.92 Å². The third kappa shape index (κ3) is 4.64. The Morgan fingerprint density at radius 3 is 2.69 bits per heavy atom. The molecule has 0 saturated heterocycles. The van der Waals surface area contributed by atoms with E-state index in [2.05, 4.69) is 17.2 Å². The number of aryl methyl sites for hydroxylation is 1. The summed E-state index contributed by atoms with van der Waals surface area (Å²) in [5, 5.41) is 3.47. The summed E-state index contributed by atoms with van der Waals surface area (Å²) in [7, 11) is 1.64. The van der Waals surface area contributed by atoms with Crippen molar-refractivity contribution >= 4 is 0 Å². The molecule has 1 atom stereocenters. The van der Waals surface area contributed by atoms with Crippen LogP contribution in [0.15, 0.2) is 59.3 Å². The van der Waals surface area contributed by atoms with Crippen molar-refractivity contribution in [1.82, 2.24) is 10.3 Å². The fourth-order valence-corrected chi connectivity index (χ4v) is 2.65. The number of methoxy groups -OCH3 is 1. The van der Waals surface area contributed by atoms with E-state index in [1.54, 1.807) is 19.5 Å². The van der Waals surface area contributed by atoms with Crippen molar-refractivity contribution in [3.05, 3.63) is 77.5 Å². The standard InChI is InChI=1S/C21H24N2O3/c1-15-6-8-19(26-15)16(2)23-13-17-7-9-20(24-3)21(11-17)25-14-18-5-4-10-22-12-18/h4-12,16,23H,13-14H2,1-3H3. The van der Waals surface area contributed by atoms with Crippen molar-refractivity contribution in [1.29, 1.82) is 0 Å². The summed E-state index contributed by atoms with van der Waals surface area (Å²) >= 11 is 0. The predicted octanol–water partition coefficient (Wildman–Crippen LogP) is 4.42. The zero-order valence-corrected chi connectivity index (χ0v) is 15.4. The zero-order valence-electron chi connectivity index (χ0n) is 15.4. The molecule has 0 spiro atoms. The smallest absolute Gasteiger partial charge is 0.161 e. The minimum atomic E-state index is 0.130. The molecule has 3 aromatic rings. The fraction of sp³-hybridized carbons (Fsp3) is 0.286. The van der Waals surface area contributed by atoms with Gasteiger partial charge in [-0.15, -0.1) is 0 Å². The fourth-order valence-electron chi connectivity index (χ4n) is 2.65. The minimum absolute atomic E-state index is 0.130. The van der Waals surface area contributed by atoms with Crippen molar-refractivity contribution in [3.63, 3.8) is 0 Å². The zero-order chi connectivity index (χ0) is 18.4. The molecule has 0 bridgehead atoms. The van der Waals surface area contributed by atoms with E-state index in [-0.39, 0.29) is 6.04 Å². The normalized spacial score (nSPS) is 12.0. The number of hydrogen-bond acceptors (Lipinski definition) is 5. The third-order valence-electron chi connectivity index (χ3n) is 4.15. The van der Waals surface area contributed by atoms with Gasteiger partial charge < -0.3 is 19.2 Å². The number of furan rings is 1. The van der Waals surface area contributed by atoms with Crippen molar-refractivity contribution in [2.24, 2.45) is 0 Å². The van der Waals surface area contributed by atoms with Gasteiger partial charge in [0.2, 0.25) is 0 Å². The van der Waals surface area contributed by atoms with Gasteiger partial charge in [-0.05, 0) is 49.7 Å². The Balaban J connectivity index is 1.64. The van der Waals surface area contributed by atoms with Crippen LogP contribution in [0.25, 0.3) is 0 Å². The number of nitrogens with zero attached hydrogens (tertiary/aromatic N) is 1. The van der Waals surface area contributed by atoms with Gasteiger partial charge in [-0.2, -0.15) is 0 Å². The van der Waals surface area contributed by atoms with E-state index in [1.807, 2.05) is 49.4 Å². The maximum atomic E-state index is 5.94. The van der Waals surface area contributed by atoms with E-state index >= 15 is 0 Å². The first-order valence-corrected chi connectivity index (χ1v) is 8.64. The minimum Gasteiger partial charge on any atom is -0.493 e. The van der Waals surface area contributed by atoms with E-state index in [9.17, 15) is 0 Å². The molecule has 0 aliphatic heterocycles. The SMILES string of the molecule is COc1ccc(CNC(C)c2ccc(C)o2)cc1OCc1cccnc1. The molecule has 0 fully saturated rings. The Labute approximate surface area is 154 Å². The van der Waals surface area contributed by atoms with E-state index < -0.39 is 0 Å². The van der Waals surface area contributed by atoms with Crippen LogP contribution < -0.4 is 14.8 Å². The quantitative estimate of drug-likeness (QED) is 0.650. The van der Waals surface area contributed by atoms with Gasteiger partial charge in [-0.3, -0.25) is 4.98 Å². The molecule has 0 radical (unpaired) electrons. The lowest BCUT2D eigenvalue weighted by Gasteiger charge is -2.15. The molecule has 0 aliphatic rings. The van der Waals surface area contributed by atoms with E-state index in [1.165, 1.54) is 0 Å². The van der Waals surface area contributed by atoms with Gasteiger partial charge in [-0.25, -0.2) is 0 Å². The van der Waals surface area contributed by atoms with Gasteiger partial charge in [0.25, 0.3) is 0 Å². The molecule has 0 amide bonds. The summed E-state index contributed by atoms with van der Waals surface area (Å²) in [4.78, 5) is 4.11. The Bertz CT molecular complexity index is 830. The molecule has 0 saturated carbocycles. The number of ether oxygens (including phenoxy) is 2. The summed E-state index contributed by atoms with van der Waals surface area (Å²) in [6, 6.07) is 14.0. The lowest BCUT2D eigenvalue weighted by atomic mass is 10.1. The first-order chi connectivity index (χ1) is 12.7. The van der Waals surface area contributed by atoms with Gasteiger partial charge in [0.1, 0.15) is 18.1 Å². The molecule has 136 valence electrons. The first-order valence-electron chi connectivity index (χ1n) is 8.64. The summed E-state index contributed by atoms with van der Waals surface area (Å²) < 4.78 is 17.0. The molecule has 1 N–H and O–H groups in total. The predicted molar refractivity (Wildman–Crippen MR) is 100 cm³/mol. The Hall–Kier alpha value is -2.79. The lowest BCUT2D eigenvalue weighted by molar-refractivity contribution is 0.283. The highest BCUT2D eigenvalue weighted by Gasteiger charge is 2.11. The number of rotatable bonds is 8. The van der Waals surface area contributed by atoms with Crippen LogP contribution in [-0.4, -0.2) is 12.1 Å². The summed E-state index contributed by atoms with van der Waals surface area (Å²) in [5.41, 5.74) is 2.13. The highest BCUT2D eigenvalue weighted by Crippen LogP contribution is 2.29. The number of nitrogens with one attached hydrogen (secondary N) is 1. The van der Waals surface area contributed by atoms with Gasteiger partial charge in [0.05, 0.1) is 13.2 Å². The number of aromatic nitrogens is 1. The van der Waals surface area contributed by atoms with Crippen molar-refractivity contribution in [2.75, 3.05) is 7.11 Å². The molecule has 0 aliphatic carbocycles. The monoisotopic (exact) mass is 352 g/mol. The largest absolute Gasteiger partial charge is 0.493 e. The van der Waals surface area contributed by atoms with Crippen LogP contribution in [0.4, 0.5) is 0 Å². The van der Waals surface area contributed by atoms with E-state index in [0.717, 1.165) is 28.4 Å². The van der Waals surface area contributed by atoms with Crippen molar-refractivity contribution in [3.8, 4) is 11.5 Å². The third-order valence-corrected chi connectivity index (χ3v) is 4.15. The Morgan fingerprint density at radius 2 is 2.00 bits per heavy atom. The molecule has 1 unspecified atom stereocenters. The van der Waals surface area contributed by atoms with Gasteiger partial charge >= 0.3 is 0 Å². The van der Waals surface area contributed by atoms with Crippen LogP contribution >= 0.6 is 0 Å². The summed E-state index contributed by atoms with van der Waals surface area (Å²) in [6.45, 7) is 5.19. The average Bonchev–Trinajstić information content (AvgIpc) is 3.12. The van der Waals surface area contributed by atoms with E-state index in [4.69, 9.17) is 13.9 Å². The van der Waals surface area contributed by atoms with Crippen LogP contribution in [0.3, 0.4) is 0 Å². The maximum absolute atomic E-state index is 5.94. The second-order valence-corrected chi connectivity index (χ2v) is 6.19. The molecule has 26 heavy (non-hydrogen) atoms.